The molecule has 30 heavy (non-hydrogen) atoms. The molecule has 2 aromatic carbocycles. The van der Waals surface area contributed by atoms with Crippen molar-refractivity contribution in [3.05, 3.63) is 76.6 Å². The highest BCUT2D eigenvalue weighted by atomic mass is 35.5. The van der Waals surface area contributed by atoms with Gasteiger partial charge in [-0.2, -0.15) is 0 Å². The van der Waals surface area contributed by atoms with Crippen LogP contribution in [-0.4, -0.2) is 43.6 Å². The molecule has 1 fully saturated rings. The molecule has 8 heteroatoms. The minimum Gasteiger partial charge on any atom is -0.351 e. The van der Waals surface area contributed by atoms with Gasteiger partial charge in [-0.3, -0.25) is 9.69 Å². The second-order valence-electron chi connectivity index (χ2n) is 7.60. The highest BCUT2D eigenvalue weighted by Crippen LogP contribution is 2.28. The number of benzene rings is 2. The number of nitrogens with one attached hydrogen (secondary N) is 1. The lowest BCUT2D eigenvalue weighted by Gasteiger charge is -2.23. The smallest absolute Gasteiger partial charge is 0.237 e. The lowest BCUT2D eigenvalue weighted by molar-refractivity contribution is -0.125. The standard InChI is InChI=1S/C22H25ClN6O/c1-2-16-7-9-17(10-8-16)13-28-14-19(29-15-25-26-27-29)11-21(28)22(30)24-12-18-5-3-4-6-20(18)23/h3-10,15,19,21H,2,11-14H2,1H3,(H,24,30)/t19-,21-/m0/s1. The van der Waals surface area contributed by atoms with E-state index in [1.165, 1.54) is 11.1 Å². The predicted octanol–water partition coefficient (Wildman–Crippen LogP) is 3.02. The van der Waals surface area contributed by atoms with Crippen LogP contribution in [0, 0.1) is 0 Å². The zero-order chi connectivity index (χ0) is 20.9. The van der Waals surface area contributed by atoms with Gasteiger partial charge in [-0.1, -0.05) is 61.0 Å². The Kier molecular flexibility index (Phi) is 6.40. The Bertz CT molecular complexity index is 976. The Hall–Kier alpha value is -2.77. The molecule has 0 unspecified atom stereocenters. The largest absolute Gasteiger partial charge is 0.351 e. The molecule has 2 heterocycles. The lowest BCUT2D eigenvalue weighted by atomic mass is 10.1. The van der Waals surface area contributed by atoms with Gasteiger partial charge in [0.2, 0.25) is 5.91 Å². The molecule has 1 aliphatic rings. The summed E-state index contributed by atoms with van der Waals surface area (Å²) in [5.74, 6) is -0.00401. The SMILES string of the molecule is CCc1ccc(CN2C[C@@H](n3cnnn3)C[C@H]2C(=O)NCc2ccccc2Cl)cc1. The monoisotopic (exact) mass is 424 g/mol. The number of carbonyl (C=O) groups excluding carboxylic acids is 1. The minimum atomic E-state index is -0.257. The first-order chi connectivity index (χ1) is 14.6. The molecule has 1 N–H and O–H groups in total. The molecule has 3 aromatic rings. The maximum Gasteiger partial charge on any atom is 0.237 e. The second-order valence-corrected chi connectivity index (χ2v) is 8.01. The van der Waals surface area contributed by atoms with Crippen LogP contribution in [0.5, 0.6) is 0 Å². The van der Waals surface area contributed by atoms with E-state index >= 15 is 0 Å². The van der Waals surface area contributed by atoms with Crippen LogP contribution in [0.1, 0.15) is 36.1 Å². The Morgan fingerprint density at radius 2 is 1.93 bits per heavy atom. The van der Waals surface area contributed by atoms with Crippen molar-refractivity contribution in [2.45, 2.75) is 44.9 Å². The van der Waals surface area contributed by atoms with E-state index in [0.29, 0.717) is 31.1 Å². The molecule has 4 rings (SSSR count). The van der Waals surface area contributed by atoms with Gasteiger partial charge in [-0.15, -0.1) is 5.10 Å². The van der Waals surface area contributed by atoms with E-state index in [0.717, 1.165) is 12.0 Å². The molecule has 7 nitrogen and oxygen atoms in total. The summed E-state index contributed by atoms with van der Waals surface area (Å²) in [7, 11) is 0. The minimum absolute atomic E-state index is 0.00401. The third-order valence-corrected chi connectivity index (χ3v) is 6.02. The van der Waals surface area contributed by atoms with Crippen molar-refractivity contribution in [3.63, 3.8) is 0 Å². The summed E-state index contributed by atoms with van der Waals surface area (Å²) in [6.07, 6.45) is 3.29. The number of amides is 1. The molecule has 0 radical (unpaired) electrons. The van der Waals surface area contributed by atoms with Gasteiger partial charge in [0.15, 0.2) is 0 Å². The van der Waals surface area contributed by atoms with E-state index in [1.807, 2.05) is 24.3 Å². The summed E-state index contributed by atoms with van der Waals surface area (Å²) in [6.45, 7) is 3.97. The van der Waals surface area contributed by atoms with Crippen LogP contribution in [0.15, 0.2) is 54.9 Å². The van der Waals surface area contributed by atoms with Crippen molar-refractivity contribution < 1.29 is 4.79 Å². The van der Waals surface area contributed by atoms with Crippen LogP contribution in [-0.2, 0) is 24.3 Å². The molecule has 2 atom stereocenters. The Balaban J connectivity index is 1.48. The van der Waals surface area contributed by atoms with Crippen molar-refractivity contribution in [3.8, 4) is 0 Å². The van der Waals surface area contributed by atoms with Crippen LogP contribution >= 0.6 is 11.6 Å². The van der Waals surface area contributed by atoms with Crippen molar-refractivity contribution >= 4 is 17.5 Å². The van der Waals surface area contributed by atoms with Gasteiger partial charge in [0.05, 0.1) is 12.1 Å². The third kappa shape index (κ3) is 4.68. The molecule has 1 aliphatic heterocycles. The van der Waals surface area contributed by atoms with Crippen molar-refractivity contribution in [1.82, 2.24) is 30.4 Å². The zero-order valence-electron chi connectivity index (χ0n) is 16.9. The molecule has 0 aliphatic carbocycles. The number of halogens is 1. The fraction of sp³-hybridized carbons (Fsp3) is 0.364. The van der Waals surface area contributed by atoms with Crippen LogP contribution < -0.4 is 5.32 Å². The number of aromatic nitrogens is 4. The third-order valence-electron chi connectivity index (χ3n) is 5.65. The molecular weight excluding hydrogens is 400 g/mol. The first kappa shape index (κ1) is 20.5. The van der Waals surface area contributed by atoms with Crippen LogP contribution in [0.3, 0.4) is 0 Å². The van der Waals surface area contributed by atoms with Gasteiger partial charge in [0, 0.05) is 24.7 Å². The van der Waals surface area contributed by atoms with Crippen molar-refractivity contribution in [2.24, 2.45) is 0 Å². The first-order valence-corrected chi connectivity index (χ1v) is 10.6. The van der Waals surface area contributed by atoms with E-state index in [-0.39, 0.29) is 18.0 Å². The molecular formula is C22H25ClN6O. The summed E-state index contributed by atoms with van der Waals surface area (Å²) in [5.41, 5.74) is 3.40. The zero-order valence-corrected chi connectivity index (χ0v) is 17.7. The number of aryl methyl sites for hydroxylation is 1. The Morgan fingerprint density at radius 1 is 1.17 bits per heavy atom. The number of rotatable bonds is 7. The topological polar surface area (TPSA) is 75.9 Å². The molecule has 1 amide bonds. The van der Waals surface area contributed by atoms with Gasteiger partial charge in [0.25, 0.3) is 0 Å². The number of hydrogen-bond donors (Lipinski definition) is 1. The quantitative estimate of drug-likeness (QED) is 0.631. The van der Waals surface area contributed by atoms with E-state index in [4.69, 9.17) is 11.6 Å². The summed E-state index contributed by atoms with van der Waals surface area (Å²) >= 11 is 6.23. The Morgan fingerprint density at radius 3 is 2.63 bits per heavy atom. The van der Waals surface area contributed by atoms with Crippen molar-refractivity contribution in [1.29, 1.82) is 0 Å². The molecule has 1 saturated heterocycles. The maximum absolute atomic E-state index is 13.1. The summed E-state index contributed by atoms with van der Waals surface area (Å²) in [4.78, 5) is 15.3. The maximum atomic E-state index is 13.1. The van der Waals surface area contributed by atoms with Gasteiger partial charge in [-0.25, -0.2) is 4.68 Å². The fourth-order valence-electron chi connectivity index (χ4n) is 3.91. The van der Waals surface area contributed by atoms with Crippen LogP contribution in [0.2, 0.25) is 5.02 Å². The van der Waals surface area contributed by atoms with Gasteiger partial charge in [-0.05, 0) is 46.0 Å². The number of carbonyl (C=O) groups is 1. The molecule has 0 bridgehead atoms. The van der Waals surface area contributed by atoms with E-state index in [2.05, 4.69) is 56.9 Å². The first-order valence-electron chi connectivity index (χ1n) is 10.2. The predicted molar refractivity (Wildman–Crippen MR) is 115 cm³/mol. The van der Waals surface area contributed by atoms with E-state index < -0.39 is 0 Å². The average molecular weight is 425 g/mol. The molecule has 0 saturated carbocycles. The number of nitrogens with zero attached hydrogens (tertiary/aromatic N) is 5. The normalized spacial score (nSPS) is 19.1. The highest BCUT2D eigenvalue weighted by molar-refractivity contribution is 6.31. The lowest BCUT2D eigenvalue weighted by Crippen LogP contribution is -2.42. The second kappa shape index (κ2) is 9.36. The van der Waals surface area contributed by atoms with Crippen LogP contribution in [0.4, 0.5) is 0 Å². The van der Waals surface area contributed by atoms with Gasteiger partial charge in [0.1, 0.15) is 6.33 Å². The highest BCUT2D eigenvalue weighted by Gasteiger charge is 2.38. The number of likely N-dealkylation sites (tertiary alicyclic amines) is 1. The molecule has 156 valence electrons. The number of tetrazole rings is 1. The Labute approximate surface area is 181 Å². The summed E-state index contributed by atoms with van der Waals surface area (Å²) < 4.78 is 1.74. The van der Waals surface area contributed by atoms with Gasteiger partial charge >= 0.3 is 0 Å². The fourth-order valence-corrected chi connectivity index (χ4v) is 4.11. The molecule has 1 aromatic heterocycles. The average Bonchev–Trinajstić information content (AvgIpc) is 3.44. The summed E-state index contributed by atoms with van der Waals surface area (Å²) in [5, 5.41) is 15.3. The number of hydrogen-bond acceptors (Lipinski definition) is 5. The van der Waals surface area contributed by atoms with E-state index in [9.17, 15) is 4.79 Å². The van der Waals surface area contributed by atoms with Crippen LogP contribution in [0.25, 0.3) is 0 Å². The van der Waals surface area contributed by atoms with Crippen molar-refractivity contribution in [2.75, 3.05) is 6.54 Å². The summed E-state index contributed by atoms with van der Waals surface area (Å²) in [6, 6.07) is 15.9. The molecule has 0 spiro atoms. The van der Waals surface area contributed by atoms with E-state index in [1.54, 1.807) is 11.0 Å². The van der Waals surface area contributed by atoms with Gasteiger partial charge < -0.3 is 5.32 Å².